The van der Waals surface area contributed by atoms with Crippen LogP contribution in [0.1, 0.15) is 50.9 Å². The van der Waals surface area contributed by atoms with Crippen molar-refractivity contribution >= 4 is 34.8 Å². The van der Waals surface area contributed by atoms with Gasteiger partial charge in [-0.3, -0.25) is 4.79 Å². The van der Waals surface area contributed by atoms with Crippen LogP contribution < -0.4 is 0 Å². The number of nitrogens with zero attached hydrogens (tertiary/aromatic N) is 3. The van der Waals surface area contributed by atoms with Gasteiger partial charge < -0.3 is 9.91 Å². The number of amides is 1. The van der Waals surface area contributed by atoms with Crippen molar-refractivity contribution < 1.29 is 4.79 Å². The van der Waals surface area contributed by atoms with E-state index in [2.05, 4.69) is 12.0 Å². The van der Waals surface area contributed by atoms with E-state index in [1.165, 1.54) is 0 Å². The second-order valence-electron chi connectivity index (χ2n) is 6.19. The van der Waals surface area contributed by atoms with Crippen LogP contribution in [0.3, 0.4) is 0 Å². The Balaban J connectivity index is 2.80. The van der Waals surface area contributed by atoms with E-state index < -0.39 is 0 Å². The van der Waals surface area contributed by atoms with Crippen molar-refractivity contribution in [1.29, 1.82) is 0 Å². The van der Waals surface area contributed by atoms with Crippen molar-refractivity contribution in [2.24, 2.45) is 5.10 Å². The van der Waals surface area contributed by atoms with Gasteiger partial charge in [0.15, 0.2) is 0 Å². The third-order valence-corrected chi connectivity index (χ3v) is 4.39. The van der Waals surface area contributed by atoms with Gasteiger partial charge in [-0.1, -0.05) is 30.1 Å². The van der Waals surface area contributed by atoms with Gasteiger partial charge in [-0.2, -0.15) is 5.10 Å². The molecule has 0 aliphatic heterocycles. The molecule has 0 spiro atoms. The van der Waals surface area contributed by atoms with Gasteiger partial charge in [-0.15, -0.1) is 0 Å². The second kappa shape index (κ2) is 9.90. The molecule has 6 heteroatoms. The summed E-state index contributed by atoms with van der Waals surface area (Å²) < 4.78 is 0. The number of hydrogen-bond donors (Lipinski definition) is 0. The lowest BCUT2D eigenvalue weighted by atomic mass is 10.1. The molecule has 0 radical (unpaired) electrons. The maximum absolute atomic E-state index is 12.8. The summed E-state index contributed by atoms with van der Waals surface area (Å²) in [5.74, 6) is -0.0433. The van der Waals surface area contributed by atoms with Crippen LogP contribution in [0.25, 0.3) is 0 Å². The summed E-state index contributed by atoms with van der Waals surface area (Å²) >= 11 is 12.0. The van der Waals surface area contributed by atoms with Gasteiger partial charge in [0.2, 0.25) is 0 Å². The number of rotatable bonds is 8. The average Bonchev–Trinajstić information content (AvgIpc) is 2.49. The van der Waals surface area contributed by atoms with E-state index in [0.29, 0.717) is 22.2 Å². The molecule has 0 bridgehead atoms. The molecule has 0 aliphatic rings. The lowest BCUT2D eigenvalue weighted by molar-refractivity contribution is 0.0711. The third-order valence-electron chi connectivity index (χ3n) is 3.65. The maximum Gasteiger partial charge on any atom is 0.254 e. The Labute approximate surface area is 155 Å². The minimum Gasteiger partial charge on any atom is -0.336 e. The van der Waals surface area contributed by atoms with E-state index in [4.69, 9.17) is 23.2 Å². The zero-order valence-electron chi connectivity index (χ0n) is 15.1. The van der Waals surface area contributed by atoms with Gasteiger partial charge in [0.05, 0.1) is 10.0 Å². The van der Waals surface area contributed by atoms with Crippen LogP contribution in [0, 0.1) is 0 Å². The van der Waals surface area contributed by atoms with Crippen LogP contribution in [0.5, 0.6) is 0 Å². The number of hydrogen-bond acceptors (Lipinski definition) is 3. The van der Waals surface area contributed by atoms with Crippen molar-refractivity contribution in [3.05, 3.63) is 33.8 Å². The Hall–Kier alpha value is -1.26. The van der Waals surface area contributed by atoms with Gasteiger partial charge in [-0.25, -0.2) is 0 Å². The normalized spacial score (nSPS) is 11.8. The molecule has 1 rings (SSSR count). The first-order valence-corrected chi connectivity index (χ1v) is 9.03. The molecule has 1 amide bonds. The highest BCUT2D eigenvalue weighted by molar-refractivity contribution is 6.42. The van der Waals surface area contributed by atoms with Gasteiger partial charge >= 0.3 is 0 Å². The van der Waals surface area contributed by atoms with Crippen LogP contribution in [-0.2, 0) is 0 Å². The quantitative estimate of drug-likeness (QED) is 0.478. The van der Waals surface area contributed by atoms with E-state index in [1.807, 2.05) is 37.7 Å². The highest BCUT2D eigenvalue weighted by Crippen LogP contribution is 2.23. The Morgan fingerprint density at radius 2 is 1.88 bits per heavy atom. The molecule has 0 fully saturated rings. The summed E-state index contributed by atoms with van der Waals surface area (Å²) in [7, 11) is 1.97. The fraction of sp³-hybridized carbons (Fsp3) is 0.556. The van der Waals surface area contributed by atoms with Crippen LogP contribution in [0.2, 0.25) is 10.0 Å². The predicted molar refractivity (Wildman–Crippen MR) is 103 cm³/mol. The second-order valence-corrected chi connectivity index (χ2v) is 7.00. The van der Waals surface area contributed by atoms with Crippen LogP contribution in [0.15, 0.2) is 23.3 Å². The van der Waals surface area contributed by atoms with Crippen molar-refractivity contribution in [2.45, 2.75) is 46.6 Å². The summed E-state index contributed by atoms with van der Waals surface area (Å²) in [6.45, 7) is 9.67. The molecule has 0 saturated carbocycles. The zero-order valence-corrected chi connectivity index (χ0v) is 16.7. The summed E-state index contributed by atoms with van der Waals surface area (Å²) in [6, 6.07) is 5.08. The molecule has 1 aromatic carbocycles. The van der Waals surface area contributed by atoms with Crippen LogP contribution in [0.4, 0.5) is 0 Å². The first-order chi connectivity index (χ1) is 11.3. The molecule has 0 saturated heterocycles. The Morgan fingerprint density at radius 3 is 2.42 bits per heavy atom. The molecule has 4 nitrogen and oxygen atoms in total. The van der Waals surface area contributed by atoms with Crippen molar-refractivity contribution in [3.63, 3.8) is 0 Å². The van der Waals surface area contributed by atoms with E-state index in [9.17, 15) is 4.79 Å². The highest BCUT2D eigenvalue weighted by Gasteiger charge is 2.19. The van der Waals surface area contributed by atoms with Gasteiger partial charge in [0, 0.05) is 43.9 Å². The molecular formula is C18H27Cl2N3O. The van der Waals surface area contributed by atoms with Crippen molar-refractivity contribution in [3.8, 4) is 0 Å². The molecule has 0 atom stereocenters. The fourth-order valence-electron chi connectivity index (χ4n) is 2.39. The summed E-state index contributed by atoms with van der Waals surface area (Å²) in [6.07, 6.45) is 1.79. The van der Waals surface area contributed by atoms with Crippen molar-refractivity contribution in [2.75, 3.05) is 20.1 Å². The average molecular weight is 372 g/mol. The lowest BCUT2D eigenvalue weighted by Gasteiger charge is -2.27. The molecule has 24 heavy (non-hydrogen) atoms. The molecule has 134 valence electrons. The number of benzene rings is 1. The number of halogens is 2. The van der Waals surface area contributed by atoms with Crippen LogP contribution >= 0.6 is 23.2 Å². The topological polar surface area (TPSA) is 35.9 Å². The Bertz CT molecular complexity index is 588. The number of carbonyl (C=O) groups excluding carboxylic acids is 1. The lowest BCUT2D eigenvalue weighted by Crippen LogP contribution is -2.38. The van der Waals surface area contributed by atoms with E-state index in [0.717, 1.165) is 25.1 Å². The molecule has 0 aromatic heterocycles. The minimum atomic E-state index is -0.0433. The largest absolute Gasteiger partial charge is 0.336 e. The molecule has 0 unspecified atom stereocenters. The Kier molecular flexibility index (Phi) is 8.57. The molecular weight excluding hydrogens is 345 g/mol. The standard InChI is InChI=1S/C18H27Cl2N3O/c1-6-10-22(5)21-14(4)9-11-23(13(2)3)18(24)15-7-8-16(19)17(20)12-15/h7-8,12-13H,6,9-11H2,1-5H3/b21-14+. The SMILES string of the molecule is CCCN(C)/N=C(\C)CCN(C(=O)c1ccc(Cl)c(Cl)c1)C(C)C. The van der Waals surface area contributed by atoms with Crippen molar-refractivity contribution in [1.82, 2.24) is 9.91 Å². The van der Waals surface area contributed by atoms with Gasteiger partial charge in [-0.05, 0) is 45.4 Å². The smallest absolute Gasteiger partial charge is 0.254 e. The van der Waals surface area contributed by atoms with Crippen LogP contribution in [-0.4, -0.2) is 47.7 Å². The third kappa shape index (κ3) is 6.33. The number of hydrazone groups is 1. The fourth-order valence-corrected chi connectivity index (χ4v) is 2.68. The molecule has 0 heterocycles. The predicted octanol–water partition coefficient (Wildman–Crippen LogP) is 4.95. The number of carbonyl (C=O) groups is 1. The summed E-state index contributed by atoms with van der Waals surface area (Å²) in [4.78, 5) is 14.6. The minimum absolute atomic E-state index is 0.0433. The first kappa shape index (κ1) is 20.8. The highest BCUT2D eigenvalue weighted by atomic mass is 35.5. The van der Waals surface area contributed by atoms with Gasteiger partial charge in [0.1, 0.15) is 0 Å². The summed E-state index contributed by atoms with van der Waals surface area (Å²) in [5.41, 5.74) is 1.56. The van der Waals surface area contributed by atoms with E-state index >= 15 is 0 Å². The van der Waals surface area contributed by atoms with Gasteiger partial charge in [0.25, 0.3) is 5.91 Å². The maximum atomic E-state index is 12.8. The van der Waals surface area contributed by atoms with E-state index in [1.54, 1.807) is 18.2 Å². The monoisotopic (exact) mass is 371 g/mol. The molecule has 1 aromatic rings. The zero-order chi connectivity index (χ0) is 18.3. The first-order valence-electron chi connectivity index (χ1n) is 8.27. The van der Waals surface area contributed by atoms with E-state index in [-0.39, 0.29) is 11.9 Å². The Morgan fingerprint density at radius 1 is 1.21 bits per heavy atom. The molecule has 0 aliphatic carbocycles. The molecule has 0 N–H and O–H groups in total. The summed E-state index contributed by atoms with van der Waals surface area (Å²) in [5, 5.41) is 7.31.